The fraction of sp³-hybridized carbons (Fsp3) is 0.385. The van der Waals surface area contributed by atoms with Crippen LogP contribution < -0.4 is 16.2 Å². The number of hydrogen-bond acceptors (Lipinski definition) is 5. The van der Waals surface area contributed by atoms with E-state index in [-0.39, 0.29) is 5.56 Å². The molecule has 2 aliphatic rings. The number of nitrogens with one attached hydrogen (secondary N) is 2. The lowest BCUT2D eigenvalue weighted by molar-refractivity contribution is 0.147. The molecule has 2 aromatic heterocycles. The van der Waals surface area contributed by atoms with Crippen LogP contribution in [0.25, 0.3) is 33.3 Å². The number of piperidine rings is 2. The molecule has 0 bridgehead atoms. The molecule has 4 aromatic rings. The molecule has 2 aliphatic heterocycles. The first-order valence-corrected chi connectivity index (χ1v) is 12.1. The molecular formula is C26H30N6O. The first-order valence-electron chi connectivity index (χ1n) is 12.1. The molecule has 2 fully saturated rings. The predicted molar refractivity (Wildman–Crippen MR) is 135 cm³/mol. The topological polar surface area (TPSA) is 94.0 Å². The minimum absolute atomic E-state index is 0.231. The Kier molecular flexibility index (Phi) is 5.06. The van der Waals surface area contributed by atoms with Crippen LogP contribution in [0.2, 0.25) is 0 Å². The zero-order chi connectivity index (χ0) is 22.4. The lowest BCUT2D eigenvalue weighted by Crippen LogP contribution is -2.49. The molecular weight excluding hydrogens is 412 g/mol. The van der Waals surface area contributed by atoms with E-state index in [1.807, 2.05) is 30.3 Å². The highest BCUT2D eigenvalue weighted by Gasteiger charge is 2.26. The molecule has 0 amide bonds. The van der Waals surface area contributed by atoms with Gasteiger partial charge >= 0.3 is 0 Å². The van der Waals surface area contributed by atoms with E-state index in [2.05, 4.69) is 31.9 Å². The van der Waals surface area contributed by atoms with Crippen LogP contribution in [-0.4, -0.2) is 52.1 Å². The second-order valence-corrected chi connectivity index (χ2v) is 9.41. The van der Waals surface area contributed by atoms with Crippen molar-refractivity contribution in [2.24, 2.45) is 0 Å². The standard InChI is InChI=1S/C26H30N6O/c27-24-19-8-2-3-9-20(19)30-26(33)23(24)25-28-21-11-10-17(15-22(21)29-25)32-14-6-7-18(16-32)31-12-4-1-5-13-31/h2-3,8-11,15,18H,1,4-7,12-14,16H2,(H,28,29)(H3,27,30,33). The van der Waals surface area contributed by atoms with E-state index in [4.69, 9.17) is 10.7 Å². The van der Waals surface area contributed by atoms with Gasteiger partial charge in [-0.05, 0) is 63.0 Å². The van der Waals surface area contributed by atoms with E-state index >= 15 is 0 Å². The van der Waals surface area contributed by atoms with Crippen molar-refractivity contribution in [1.82, 2.24) is 19.9 Å². The summed E-state index contributed by atoms with van der Waals surface area (Å²) in [6.07, 6.45) is 6.54. The number of benzene rings is 2. The largest absolute Gasteiger partial charge is 0.397 e. The summed E-state index contributed by atoms with van der Waals surface area (Å²) in [6, 6.07) is 14.6. The molecule has 0 saturated carbocycles. The highest BCUT2D eigenvalue weighted by atomic mass is 16.1. The number of pyridine rings is 1. The number of para-hydroxylation sites is 1. The molecule has 4 heterocycles. The van der Waals surface area contributed by atoms with Crippen molar-refractivity contribution in [3.63, 3.8) is 0 Å². The van der Waals surface area contributed by atoms with Gasteiger partial charge in [0.1, 0.15) is 11.4 Å². The van der Waals surface area contributed by atoms with E-state index in [0.717, 1.165) is 35.0 Å². The number of fused-ring (bicyclic) bond motifs is 2. The maximum Gasteiger partial charge on any atom is 0.261 e. The number of nitrogen functional groups attached to an aromatic ring is 1. The van der Waals surface area contributed by atoms with Gasteiger partial charge in [0.05, 0.1) is 22.2 Å². The molecule has 7 heteroatoms. The molecule has 2 saturated heterocycles. The predicted octanol–water partition coefficient (Wildman–Crippen LogP) is 4.11. The van der Waals surface area contributed by atoms with Gasteiger partial charge in [-0.1, -0.05) is 24.6 Å². The Labute approximate surface area is 192 Å². The number of aromatic amines is 2. The van der Waals surface area contributed by atoms with Gasteiger partial charge < -0.3 is 20.6 Å². The number of rotatable bonds is 3. The van der Waals surface area contributed by atoms with Crippen LogP contribution in [0, 0.1) is 0 Å². The molecule has 2 aromatic carbocycles. The van der Waals surface area contributed by atoms with E-state index < -0.39 is 0 Å². The maximum absolute atomic E-state index is 12.8. The average molecular weight is 443 g/mol. The number of aromatic nitrogens is 3. The average Bonchev–Trinajstić information content (AvgIpc) is 3.27. The molecule has 1 unspecified atom stereocenters. The molecule has 0 radical (unpaired) electrons. The van der Waals surface area contributed by atoms with E-state index in [1.165, 1.54) is 50.9 Å². The minimum Gasteiger partial charge on any atom is -0.397 e. The molecule has 6 rings (SSSR count). The number of anilines is 2. The monoisotopic (exact) mass is 442 g/mol. The third kappa shape index (κ3) is 3.66. The Morgan fingerprint density at radius 2 is 1.79 bits per heavy atom. The van der Waals surface area contributed by atoms with Gasteiger partial charge in [-0.2, -0.15) is 0 Å². The van der Waals surface area contributed by atoms with Crippen molar-refractivity contribution >= 4 is 33.3 Å². The van der Waals surface area contributed by atoms with Crippen LogP contribution in [0.4, 0.5) is 11.4 Å². The van der Waals surface area contributed by atoms with Gasteiger partial charge in [-0.15, -0.1) is 0 Å². The zero-order valence-electron chi connectivity index (χ0n) is 18.8. The van der Waals surface area contributed by atoms with Crippen LogP contribution in [-0.2, 0) is 0 Å². The summed E-state index contributed by atoms with van der Waals surface area (Å²) >= 11 is 0. The van der Waals surface area contributed by atoms with Crippen LogP contribution in [0.5, 0.6) is 0 Å². The Bertz CT molecular complexity index is 1370. The smallest absolute Gasteiger partial charge is 0.261 e. The second kappa shape index (κ2) is 8.23. The van der Waals surface area contributed by atoms with E-state index in [9.17, 15) is 4.79 Å². The molecule has 1 atom stereocenters. The summed E-state index contributed by atoms with van der Waals surface area (Å²) < 4.78 is 0. The van der Waals surface area contributed by atoms with Gasteiger partial charge in [-0.25, -0.2) is 4.98 Å². The Morgan fingerprint density at radius 3 is 2.67 bits per heavy atom. The molecule has 33 heavy (non-hydrogen) atoms. The lowest BCUT2D eigenvalue weighted by atomic mass is 10.00. The van der Waals surface area contributed by atoms with Gasteiger partial charge in [0.15, 0.2) is 0 Å². The van der Waals surface area contributed by atoms with Crippen LogP contribution >= 0.6 is 0 Å². The van der Waals surface area contributed by atoms with Crippen molar-refractivity contribution < 1.29 is 0 Å². The summed E-state index contributed by atoms with van der Waals surface area (Å²) in [5, 5.41) is 0.824. The lowest BCUT2D eigenvalue weighted by Gasteiger charge is -2.41. The normalized spacial score (nSPS) is 20.0. The quantitative estimate of drug-likeness (QED) is 0.444. The van der Waals surface area contributed by atoms with E-state index in [1.54, 1.807) is 0 Å². The number of hydrogen-bond donors (Lipinski definition) is 3. The Balaban J connectivity index is 1.32. The van der Waals surface area contributed by atoms with Crippen molar-refractivity contribution in [1.29, 1.82) is 0 Å². The first kappa shape index (κ1) is 20.3. The zero-order valence-corrected chi connectivity index (χ0v) is 18.8. The highest BCUT2D eigenvalue weighted by Crippen LogP contribution is 2.30. The maximum atomic E-state index is 12.8. The summed E-state index contributed by atoms with van der Waals surface area (Å²) in [4.78, 5) is 29.0. The fourth-order valence-corrected chi connectivity index (χ4v) is 5.59. The first-order chi connectivity index (χ1) is 16.2. The SMILES string of the molecule is Nc1c(-c2nc3ccc(N4CCCC(N5CCCCC5)C4)cc3[nH]2)c(=O)[nH]c2ccccc12. The van der Waals surface area contributed by atoms with Crippen LogP contribution in [0.1, 0.15) is 32.1 Å². The fourth-order valence-electron chi connectivity index (χ4n) is 5.59. The number of imidazole rings is 1. The highest BCUT2D eigenvalue weighted by molar-refractivity contribution is 5.97. The third-order valence-electron chi connectivity index (χ3n) is 7.33. The number of H-pyrrole nitrogens is 2. The summed E-state index contributed by atoms with van der Waals surface area (Å²) in [5.74, 6) is 0.511. The van der Waals surface area contributed by atoms with Crippen molar-refractivity contribution in [2.75, 3.05) is 36.8 Å². The minimum atomic E-state index is -0.231. The summed E-state index contributed by atoms with van der Waals surface area (Å²) in [5.41, 5.74) is 10.7. The van der Waals surface area contributed by atoms with Crippen molar-refractivity contribution in [3.8, 4) is 11.4 Å². The molecule has 4 N–H and O–H groups in total. The molecule has 7 nitrogen and oxygen atoms in total. The summed E-state index contributed by atoms with van der Waals surface area (Å²) in [7, 11) is 0. The number of nitrogens with zero attached hydrogens (tertiary/aromatic N) is 3. The van der Waals surface area contributed by atoms with E-state index in [0.29, 0.717) is 23.1 Å². The number of nitrogens with two attached hydrogens (primary N) is 1. The van der Waals surface area contributed by atoms with Crippen LogP contribution in [0.15, 0.2) is 47.3 Å². The Hall–Kier alpha value is -3.32. The molecule has 0 spiro atoms. The van der Waals surface area contributed by atoms with Gasteiger partial charge in [0.2, 0.25) is 0 Å². The molecule has 170 valence electrons. The van der Waals surface area contributed by atoms with Gasteiger partial charge in [0, 0.05) is 30.2 Å². The third-order valence-corrected chi connectivity index (χ3v) is 7.33. The van der Waals surface area contributed by atoms with Crippen molar-refractivity contribution in [3.05, 3.63) is 52.8 Å². The van der Waals surface area contributed by atoms with Gasteiger partial charge in [0.25, 0.3) is 5.56 Å². The second-order valence-electron chi connectivity index (χ2n) is 9.41. The van der Waals surface area contributed by atoms with Crippen molar-refractivity contribution in [2.45, 2.75) is 38.1 Å². The molecule has 0 aliphatic carbocycles. The Morgan fingerprint density at radius 1 is 0.939 bits per heavy atom. The summed E-state index contributed by atoms with van der Waals surface area (Å²) in [6.45, 7) is 4.63. The van der Waals surface area contributed by atoms with Crippen LogP contribution in [0.3, 0.4) is 0 Å². The number of likely N-dealkylation sites (tertiary alicyclic amines) is 1. The van der Waals surface area contributed by atoms with Gasteiger partial charge in [-0.3, -0.25) is 9.69 Å².